The first kappa shape index (κ1) is 13.0. The Kier molecular flexibility index (Phi) is 3.06. The first-order valence-corrected chi connectivity index (χ1v) is 7.96. The average Bonchev–Trinajstić information content (AvgIpc) is 3.01. The smallest absolute Gasteiger partial charge is 0.226 e. The standard InChI is InChI=1S/C15H16BrN5/c1-20-14(4-5-19-20)10-6-12-2-3-13(7-10)21(12)15-17-8-11(16)9-18-15/h4-6,8-9,12-13H,2-3,7H2,1H3/t12-,13+/m1/s1. The van der Waals surface area contributed by atoms with E-state index in [1.807, 2.05) is 30.3 Å². The summed E-state index contributed by atoms with van der Waals surface area (Å²) < 4.78 is 2.87. The van der Waals surface area contributed by atoms with Gasteiger partial charge in [0.1, 0.15) is 0 Å². The first-order chi connectivity index (χ1) is 10.2. The van der Waals surface area contributed by atoms with Gasteiger partial charge in [-0.25, -0.2) is 9.97 Å². The molecule has 6 heteroatoms. The van der Waals surface area contributed by atoms with Gasteiger partial charge in [0.25, 0.3) is 0 Å². The second-order valence-electron chi connectivity index (χ2n) is 5.64. The third-order valence-electron chi connectivity index (χ3n) is 4.38. The molecule has 0 unspecified atom stereocenters. The van der Waals surface area contributed by atoms with Crippen molar-refractivity contribution < 1.29 is 0 Å². The molecule has 1 saturated heterocycles. The van der Waals surface area contributed by atoms with Gasteiger partial charge in [0, 0.05) is 31.7 Å². The van der Waals surface area contributed by atoms with E-state index >= 15 is 0 Å². The van der Waals surface area contributed by atoms with Crippen LogP contribution < -0.4 is 4.90 Å². The Hall–Kier alpha value is -1.69. The Morgan fingerprint density at radius 2 is 2.05 bits per heavy atom. The van der Waals surface area contributed by atoms with E-state index in [4.69, 9.17) is 0 Å². The third-order valence-corrected chi connectivity index (χ3v) is 4.79. The first-order valence-electron chi connectivity index (χ1n) is 7.17. The fraction of sp³-hybridized carbons (Fsp3) is 0.400. The van der Waals surface area contributed by atoms with Crippen LogP contribution in [-0.4, -0.2) is 31.8 Å². The molecule has 2 aromatic rings. The maximum absolute atomic E-state index is 4.47. The highest BCUT2D eigenvalue weighted by atomic mass is 79.9. The number of aryl methyl sites for hydroxylation is 1. The zero-order valence-electron chi connectivity index (χ0n) is 11.8. The minimum Gasteiger partial charge on any atom is -0.331 e. The average molecular weight is 346 g/mol. The number of nitrogens with zero attached hydrogens (tertiary/aromatic N) is 5. The van der Waals surface area contributed by atoms with Gasteiger partial charge >= 0.3 is 0 Å². The predicted molar refractivity (Wildman–Crippen MR) is 84.8 cm³/mol. The van der Waals surface area contributed by atoms with Gasteiger partial charge in [-0.1, -0.05) is 6.08 Å². The summed E-state index contributed by atoms with van der Waals surface area (Å²) in [7, 11) is 2.00. The van der Waals surface area contributed by atoms with Gasteiger partial charge in [0.2, 0.25) is 5.95 Å². The molecule has 108 valence electrons. The monoisotopic (exact) mass is 345 g/mol. The van der Waals surface area contributed by atoms with E-state index in [2.05, 4.69) is 48.0 Å². The van der Waals surface area contributed by atoms with Crippen molar-refractivity contribution in [3.8, 4) is 0 Å². The van der Waals surface area contributed by atoms with Crippen LogP contribution >= 0.6 is 15.9 Å². The lowest BCUT2D eigenvalue weighted by atomic mass is 9.99. The number of aromatic nitrogens is 4. The van der Waals surface area contributed by atoms with E-state index in [9.17, 15) is 0 Å². The highest BCUT2D eigenvalue weighted by Crippen LogP contribution is 2.39. The van der Waals surface area contributed by atoms with Gasteiger partial charge in [-0.15, -0.1) is 0 Å². The molecule has 0 aromatic carbocycles. The zero-order valence-corrected chi connectivity index (χ0v) is 13.4. The van der Waals surface area contributed by atoms with Crippen molar-refractivity contribution in [3.63, 3.8) is 0 Å². The molecule has 5 nitrogen and oxygen atoms in total. The lowest BCUT2D eigenvalue weighted by Crippen LogP contribution is -2.39. The summed E-state index contributed by atoms with van der Waals surface area (Å²) >= 11 is 3.39. The van der Waals surface area contributed by atoms with Crippen LogP contribution in [0.25, 0.3) is 5.57 Å². The summed E-state index contributed by atoms with van der Waals surface area (Å²) in [5, 5.41) is 4.28. The zero-order chi connectivity index (χ0) is 14.4. The van der Waals surface area contributed by atoms with Crippen molar-refractivity contribution in [1.82, 2.24) is 19.7 Å². The van der Waals surface area contributed by atoms with Gasteiger partial charge in [-0.05, 0) is 46.8 Å². The number of hydrogen-bond acceptors (Lipinski definition) is 4. The van der Waals surface area contributed by atoms with Crippen LogP contribution in [0.1, 0.15) is 25.0 Å². The quantitative estimate of drug-likeness (QED) is 0.839. The van der Waals surface area contributed by atoms with Crippen molar-refractivity contribution in [2.24, 2.45) is 7.05 Å². The van der Waals surface area contributed by atoms with Crippen LogP contribution in [0.3, 0.4) is 0 Å². The lowest BCUT2D eigenvalue weighted by Gasteiger charge is -2.34. The molecule has 0 aliphatic carbocycles. The van der Waals surface area contributed by atoms with E-state index < -0.39 is 0 Å². The highest BCUT2D eigenvalue weighted by molar-refractivity contribution is 9.10. The Balaban J connectivity index is 1.68. The van der Waals surface area contributed by atoms with Crippen LogP contribution in [0.15, 0.2) is 35.2 Å². The number of fused-ring (bicyclic) bond motifs is 2. The van der Waals surface area contributed by atoms with Crippen LogP contribution in [0.2, 0.25) is 0 Å². The van der Waals surface area contributed by atoms with Gasteiger partial charge in [0.05, 0.1) is 16.2 Å². The Morgan fingerprint density at radius 3 is 2.71 bits per heavy atom. The summed E-state index contributed by atoms with van der Waals surface area (Å²) in [6.45, 7) is 0. The van der Waals surface area contributed by atoms with Gasteiger partial charge in [0.15, 0.2) is 0 Å². The number of halogens is 1. The molecule has 4 heterocycles. The van der Waals surface area contributed by atoms with Gasteiger partial charge < -0.3 is 4.90 Å². The van der Waals surface area contributed by atoms with Crippen molar-refractivity contribution >= 4 is 27.5 Å². The number of hydrogen-bond donors (Lipinski definition) is 0. The molecular weight excluding hydrogens is 330 g/mol. The van der Waals surface area contributed by atoms with Crippen molar-refractivity contribution in [2.45, 2.75) is 31.3 Å². The summed E-state index contributed by atoms with van der Waals surface area (Å²) in [6.07, 6.45) is 11.3. The Bertz CT molecular complexity index is 690. The molecule has 4 rings (SSSR count). The number of rotatable bonds is 2. The summed E-state index contributed by atoms with van der Waals surface area (Å²) in [5.74, 6) is 0.839. The maximum atomic E-state index is 4.47. The van der Waals surface area contributed by atoms with Crippen LogP contribution in [0, 0.1) is 0 Å². The van der Waals surface area contributed by atoms with Crippen molar-refractivity contribution in [3.05, 3.63) is 40.9 Å². The molecule has 2 bridgehead atoms. The Morgan fingerprint density at radius 1 is 1.24 bits per heavy atom. The molecule has 0 spiro atoms. The molecule has 0 N–H and O–H groups in total. The normalized spacial score (nSPS) is 24.3. The molecule has 2 aliphatic heterocycles. The number of anilines is 1. The summed E-state index contributed by atoms with van der Waals surface area (Å²) in [5.41, 5.74) is 2.62. The molecule has 1 fully saturated rings. The van der Waals surface area contributed by atoms with E-state index in [0.29, 0.717) is 12.1 Å². The van der Waals surface area contributed by atoms with E-state index in [1.54, 1.807) is 0 Å². The second-order valence-corrected chi connectivity index (χ2v) is 6.56. The molecule has 2 aliphatic rings. The SMILES string of the molecule is Cn1nccc1C1=C[C@H]2CC[C@@H](C1)N2c1ncc(Br)cn1. The topological polar surface area (TPSA) is 46.8 Å². The van der Waals surface area contributed by atoms with E-state index in [0.717, 1.165) is 16.8 Å². The molecule has 0 amide bonds. The summed E-state index contributed by atoms with van der Waals surface area (Å²) in [4.78, 5) is 11.3. The highest BCUT2D eigenvalue weighted by Gasteiger charge is 2.38. The van der Waals surface area contributed by atoms with E-state index in [-0.39, 0.29) is 0 Å². The summed E-state index contributed by atoms with van der Waals surface area (Å²) in [6, 6.07) is 2.98. The molecule has 2 aromatic heterocycles. The minimum atomic E-state index is 0.398. The Labute approximate surface area is 131 Å². The minimum absolute atomic E-state index is 0.398. The lowest BCUT2D eigenvalue weighted by molar-refractivity contribution is 0.634. The fourth-order valence-electron chi connectivity index (χ4n) is 3.46. The van der Waals surface area contributed by atoms with Crippen LogP contribution in [-0.2, 0) is 7.05 Å². The van der Waals surface area contributed by atoms with Crippen molar-refractivity contribution in [2.75, 3.05) is 4.90 Å². The largest absolute Gasteiger partial charge is 0.331 e. The third kappa shape index (κ3) is 2.18. The molecule has 21 heavy (non-hydrogen) atoms. The second kappa shape index (κ2) is 4.94. The fourth-order valence-corrected chi connectivity index (χ4v) is 3.66. The van der Waals surface area contributed by atoms with Gasteiger partial charge in [-0.2, -0.15) is 5.10 Å². The molecular formula is C15H16BrN5. The maximum Gasteiger partial charge on any atom is 0.226 e. The van der Waals surface area contributed by atoms with Crippen LogP contribution in [0.4, 0.5) is 5.95 Å². The molecule has 0 saturated carbocycles. The van der Waals surface area contributed by atoms with E-state index in [1.165, 1.54) is 24.1 Å². The van der Waals surface area contributed by atoms with Gasteiger partial charge in [-0.3, -0.25) is 4.68 Å². The molecule has 2 atom stereocenters. The van der Waals surface area contributed by atoms with Crippen molar-refractivity contribution in [1.29, 1.82) is 0 Å². The molecule has 0 radical (unpaired) electrons. The van der Waals surface area contributed by atoms with Crippen LogP contribution in [0.5, 0.6) is 0 Å². The predicted octanol–water partition coefficient (Wildman–Crippen LogP) is 2.80.